The highest BCUT2D eigenvalue weighted by Gasteiger charge is 2.12. The Morgan fingerprint density at radius 2 is 1.92 bits per heavy atom. The number of nitrogens with one attached hydrogen (secondary N) is 1. The van der Waals surface area contributed by atoms with Crippen LogP contribution in [0.3, 0.4) is 0 Å². The van der Waals surface area contributed by atoms with Crippen molar-refractivity contribution in [1.82, 2.24) is 5.32 Å². The fourth-order valence-corrected chi connectivity index (χ4v) is 1.84. The van der Waals surface area contributed by atoms with Crippen LogP contribution in [0.1, 0.15) is 44.0 Å². The molecule has 0 unspecified atom stereocenters. The Hall–Kier alpha value is -1.79. The number of hydrogen-bond acceptors (Lipinski definition) is 5. The number of halogens is 1. The first kappa shape index (κ1) is 22.2. The Morgan fingerprint density at radius 3 is 2.46 bits per heavy atom. The molecule has 0 aromatic heterocycles. The number of rotatable bonds is 9. The Labute approximate surface area is 149 Å². The van der Waals surface area contributed by atoms with Crippen molar-refractivity contribution in [3.05, 3.63) is 23.8 Å². The summed E-state index contributed by atoms with van der Waals surface area (Å²) < 4.78 is 10.8. The number of carbonyl (C=O) groups excluding carboxylic acids is 2. The molecule has 0 spiro atoms. The van der Waals surface area contributed by atoms with Crippen molar-refractivity contribution in [3.8, 4) is 11.5 Å². The third-order valence-electron chi connectivity index (χ3n) is 3.12. The van der Waals surface area contributed by atoms with E-state index in [9.17, 15) is 9.59 Å². The topological polar surface area (TPSA) is 90.6 Å². The summed E-state index contributed by atoms with van der Waals surface area (Å²) in [6.07, 6.45) is 0.943. The Bertz CT molecular complexity index is 556. The smallest absolute Gasteiger partial charge is 0.220 e. The fraction of sp³-hybridized carbons (Fsp3) is 0.529. The van der Waals surface area contributed by atoms with Crippen LogP contribution in [0.15, 0.2) is 18.2 Å². The van der Waals surface area contributed by atoms with Crippen molar-refractivity contribution in [2.45, 2.75) is 39.2 Å². The van der Waals surface area contributed by atoms with Crippen LogP contribution < -0.4 is 20.5 Å². The molecule has 0 fully saturated rings. The molecule has 1 aromatic carbocycles. The maximum absolute atomic E-state index is 11.7. The van der Waals surface area contributed by atoms with Crippen LogP contribution in [0.2, 0.25) is 0 Å². The van der Waals surface area contributed by atoms with E-state index in [-0.39, 0.29) is 24.1 Å². The van der Waals surface area contributed by atoms with Crippen molar-refractivity contribution >= 4 is 24.1 Å². The summed E-state index contributed by atoms with van der Waals surface area (Å²) in [7, 11) is 1.52. The van der Waals surface area contributed by atoms with Gasteiger partial charge < -0.3 is 20.5 Å². The number of ether oxygens (including phenoxy) is 2. The van der Waals surface area contributed by atoms with Crippen LogP contribution in [0, 0.1) is 0 Å². The molecule has 1 rings (SSSR count). The second kappa shape index (κ2) is 10.2. The van der Waals surface area contributed by atoms with Gasteiger partial charge in [0.2, 0.25) is 5.91 Å². The molecule has 0 aliphatic carbocycles. The highest BCUT2D eigenvalue weighted by atomic mass is 35.5. The lowest BCUT2D eigenvalue weighted by Gasteiger charge is -2.18. The van der Waals surface area contributed by atoms with Gasteiger partial charge in [-0.2, -0.15) is 0 Å². The molecule has 1 aromatic rings. The van der Waals surface area contributed by atoms with Crippen LogP contribution in [0.4, 0.5) is 0 Å². The zero-order valence-electron chi connectivity index (χ0n) is 14.7. The van der Waals surface area contributed by atoms with Gasteiger partial charge in [0.05, 0.1) is 13.7 Å². The Morgan fingerprint density at radius 1 is 1.25 bits per heavy atom. The zero-order chi connectivity index (χ0) is 17.5. The van der Waals surface area contributed by atoms with Crippen molar-refractivity contribution in [2.75, 3.05) is 20.3 Å². The summed E-state index contributed by atoms with van der Waals surface area (Å²) in [5.41, 5.74) is 5.95. The first-order valence-electron chi connectivity index (χ1n) is 7.60. The number of amides is 1. The van der Waals surface area contributed by atoms with Gasteiger partial charge in [0.1, 0.15) is 0 Å². The standard InChI is InChI=1S/C17H26N2O4.ClH/c1-12(20)13-7-8-14(15(10-13)22-4)23-9-5-6-16(21)19-11-17(2,3)18;/h7-8,10H,5-6,9,11,18H2,1-4H3,(H,19,21);1H. The number of carbonyl (C=O) groups is 2. The maximum atomic E-state index is 11.7. The maximum Gasteiger partial charge on any atom is 0.220 e. The minimum absolute atomic E-state index is 0. The lowest BCUT2D eigenvalue weighted by Crippen LogP contribution is -2.45. The number of methoxy groups -OCH3 is 1. The van der Waals surface area contributed by atoms with Crippen LogP contribution in [-0.4, -0.2) is 37.5 Å². The molecule has 0 aliphatic heterocycles. The molecule has 0 heterocycles. The molecule has 0 aliphatic rings. The molecule has 0 bridgehead atoms. The number of Topliss-reactive ketones (excluding diaryl/α,β-unsaturated/α-hetero) is 1. The number of benzene rings is 1. The second-order valence-electron chi connectivity index (χ2n) is 6.14. The van der Waals surface area contributed by atoms with Crippen LogP contribution in [0.25, 0.3) is 0 Å². The number of hydrogen-bond donors (Lipinski definition) is 2. The van der Waals surface area contributed by atoms with E-state index in [1.165, 1.54) is 14.0 Å². The zero-order valence-corrected chi connectivity index (χ0v) is 15.5. The third-order valence-corrected chi connectivity index (χ3v) is 3.12. The van der Waals surface area contributed by atoms with Gasteiger partial charge in [-0.15, -0.1) is 12.4 Å². The van der Waals surface area contributed by atoms with E-state index in [4.69, 9.17) is 15.2 Å². The summed E-state index contributed by atoms with van der Waals surface area (Å²) in [6, 6.07) is 5.04. The molecule has 0 saturated heterocycles. The number of ketones is 1. The molecule has 3 N–H and O–H groups in total. The summed E-state index contributed by atoms with van der Waals surface area (Å²) in [5.74, 6) is 0.980. The number of nitrogens with two attached hydrogens (primary N) is 1. The molecular formula is C17H27ClN2O4. The molecule has 7 heteroatoms. The van der Waals surface area contributed by atoms with Crippen molar-refractivity contribution in [3.63, 3.8) is 0 Å². The molecule has 0 atom stereocenters. The van der Waals surface area contributed by atoms with Crippen molar-refractivity contribution < 1.29 is 19.1 Å². The highest BCUT2D eigenvalue weighted by molar-refractivity contribution is 5.94. The molecule has 24 heavy (non-hydrogen) atoms. The average molecular weight is 359 g/mol. The van der Waals surface area contributed by atoms with E-state index < -0.39 is 5.54 Å². The fourth-order valence-electron chi connectivity index (χ4n) is 1.84. The van der Waals surface area contributed by atoms with Gasteiger partial charge in [0.15, 0.2) is 17.3 Å². The molecule has 0 radical (unpaired) electrons. The van der Waals surface area contributed by atoms with E-state index in [2.05, 4.69) is 5.32 Å². The van der Waals surface area contributed by atoms with Gasteiger partial charge in [-0.25, -0.2) is 0 Å². The monoisotopic (exact) mass is 358 g/mol. The molecule has 6 nitrogen and oxygen atoms in total. The molecule has 1 amide bonds. The molecular weight excluding hydrogens is 332 g/mol. The van der Waals surface area contributed by atoms with E-state index in [1.54, 1.807) is 18.2 Å². The first-order valence-corrected chi connectivity index (χ1v) is 7.60. The van der Waals surface area contributed by atoms with E-state index >= 15 is 0 Å². The predicted molar refractivity (Wildman–Crippen MR) is 96.3 cm³/mol. The van der Waals surface area contributed by atoms with Crippen LogP contribution in [-0.2, 0) is 4.79 Å². The van der Waals surface area contributed by atoms with Gasteiger partial charge in [-0.05, 0) is 45.4 Å². The van der Waals surface area contributed by atoms with Gasteiger partial charge in [-0.1, -0.05) is 0 Å². The Kier molecular flexibility index (Phi) is 9.40. The van der Waals surface area contributed by atoms with Crippen LogP contribution >= 0.6 is 12.4 Å². The lowest BCUT2D eigenvalue weighted by atomic mass is 10.1. The molecule has 136 valence electrons. The normalized spacial score (nSPS) is 10.5. The van der Waals surface area contributed by atoms with Crippen molar-refractivity contribution in [1.29, 1.82) is 0 Å². The van der Waals surface area contributed by atoms with Crippen LogP contribution in [0.5, 0.6) is 11.5 Å². The summed E-state index contributed by atoms with van der Waals surface area (Å²) >= 11 is 0. The minimum atomic E-state index is -0.419. The second-order valence-corrected chi connectivity index (χ2v) is 6.14. The average Bonchev–Trinajstić information content (AvgIpc) is 2.48. The first-order chi connectivity index (χ1) is 10.7. The third kappa shape index (κ3) is 8.17. The van der Waals surface area contributed by atoms with Gasteiger partial charge in [-0.3, -0.25) is 9.59 Å². The van der Waals surface area contributed by atoms with Crippen molar-refractivity contribution in [2.24, 2.45) is 5.73 Å². The van der Waals surface area contributed by atoms with E-state index in [0.29, 0.717) is 43.1 Å². The summed E-state index contributed by atoms with van der Waals surface area (Å²) in [4.78, 5) is 23.0. The Balaban J connectivity index is 0.00000529. The minimum Gasteiger partial charge on any atom is -0.493 e. The van der Waals surface area contributed by atoms with Gasteiger partial charge in [0.25, 0.3) is 0 Å². The highest BCUT2D eigenvalue weighted by Crippen LogP contribution is 2.28. The largest absolute Gasteiger partial charge is 0.493 e. The summed E-state index contributed by atoms with van der Waals surface area (Å²) in [6.45, 7) is 6.03. The predicted octanol–water partition coefficient (Wildman–Crippen LogP) is 2.33. The van der Waals surface area contributed by atoms with Gasteiger partial charge in [0, 0.05) is 24.1 Å². The summed E-state index contributed by atoms with van der Waals surface area (Å²) in [5, 5.41) is 2.78. The SMILES string of the molecule is COc1cc(C(C)=O)ccc1OCCCC(=O)NCC(C)(C)N.Cl. The van der Waals surface area contributed by atoms with E-state index in [0.717, 1.165) is 0 Å². The quantitative estimate of drug-likeness (QED) is 0.522. The van der Waals surface area contributed by atoms with E-state index in [1.807, 2.05) is 13.8 Å². The van der Waals surface area contributed by atoms with Gasteiger partial charge >= 0.3 is 0 Å². The molecule has 0 saturated carbocycles. The lowest BCUT2D eigenvalue weighted by molar-refractivity contribution is -0.121.